The minimum absolute atomic E-state index is 0.0215. The number of aliphatic hydroxyl groups is 1. The maximum absolute atomic E-state index is 11.6. The molecule has 0 spiro atoms. The normalized spacial score (nSPS) is 12.1. The van der Waals surface area contributed by atoms with Crippen LogP contribution in [0.1, 0.15) is 18.9 Å². The summed E-state index contributed by atoms with van der Waals surface area (Å²) in [4.78, 5) is 11.6. The van der Waals surface area contributed by atoms with E-state index in [2.05, 4.69) is 10.6 Å². The molecule has 3 N–H and O–H groups in total. The lowest BCUT2D eigenvalue weighted by molar-refractivity contribution is -0.115. The van der Waals surface area contributed by atoms with E-state index in [4.69, 9.17) is 17.3 Å². The topological polar surface area (TPSA) is 61.4 Å². The Morgan fingerprint density at radius 1 is 1.42 bits per heavy atom. The highest BCUT2D eigenvalue weighted by atomic mass is 32.1. The van der Waals surface area contributed by atoms with Gasteiger partial charge >= 0.3 is 0 Å². The zero-order chi connectivity index (χ0) is 14.1. The first-order valence-electron chi connectivity index (χ1n) is 6.11. The first kappa shape index (κ1) is 15.3. The maximum atomic E-state index is 11.6. The van der Waals surface area contributed by atoms with Crippen LogP contribution in [0.3, 0.4) is 0 Å². The van der Waals surface area contributed by atoms with E-state index in [-0.39, 0.29) is 23.7 Å². The minimum Gasteiger partial charge on any atom is -0.394 e. The number of carbonyl (C=O) groups is 1. The van der Waals surface area contributed by atoms with Crippen LogP contribution in [0, 0.1) is 0 Å². The van der Waals surface area contributed by atoms with Gasteiger partial charge in [0.25, 0.3) is 0 Å². The Morgan fingerprint density at radius 3 is 2.68 bits per heavy atom. The molecule has 0 aliphatic heterocycles. The van der Waals surface area contributed by atoms with Crippen molar-refractivity contribution >= 4 is 29.3 Å². The van der Waals surface area contributed by atoms with Crippen molar-refractivity contribution in [3.8, 4) is 0 Å². The summed E-state index contributed by atoms with van der Waals surface area (Å²) in [6.07, 6.45) is 3.86. The molecule has 102 valence electrons. The number of amides is 1. The van der Waals surface area contributed by atoms with Gasteiger partial charge in [0.15, 0.2) is 5.11 Å². The first-order chi connectivity index (χ1) is 9.15. The lowest BCUT2D eigenvalue weighted by Gasteiger charge is -2.15. The smallest absolute Gasteiger partial charge is 0.250 e. The van der Waals surface area contributed by atoms with Crippen molar-refractivity contribution in [2.75, 3.05) is 6.61 Å². The largest absolute Gasteiger partial charge is 0.394 e. The standard InChI is InChI=1S/C14H18N2O2S/c1-2-12(10-17)15-14(19)16-13(18)9-8-11-6-4-3-5-7-11/h3-9,12,17H,2,10H2,1H3,(H2,15,16,18,19)/b9-8+/t12-/m1/s1. The molecule has 5 heteroatoms. The van der Waals surface area contributed by atoms with Crippen LogP contribution in [0.25, 0.3) is 6.08 Å². The fourth-order valence-corrected chi connectivity index (χ4v) is 1.66. The molecule has 1 atom stereocenters. The zero-order valence-corrected chi connectivity index (χ0v) is 11.6. The van der Waals surface area contributed by atoms with E-state index in [1.54, 1.807) is 6.08 Å². The Bertz CT molecular complexity index is 442. The number of rotatable bonds is 5. The van der Waals surface area contributed by atoms with Crippen molar-refractivity contribution in [2.45, 2.75) is 19.4 Å². The fourth-order valence-electron chi connectivity index (χ4n) is 1.39. The monoisotopic (exact) mass is 278 g/mol. The van der Waals surface area contributed by atoms with Crippen molar-refractivity contribution in [3.05, 3.63) is 42.0 Å². The van der Waals surface area contributed by atoms with Crippen LogP contribution < -0.4 is 10.6 Å². The molecule has 19 heavy (non-hydrogen) atoms. The molecule has 0 bridgehead atoms. The van der Waals surface area contributed by atoms with Gasteiger partial charge in [0.05, 0.1) is 12.6 Å². The highest BCUT2D eigenvalue weighted by molar-refractivity contribution is 7.80. The average Bonchev–Trinajstić information content (AvgIpc) is 2.43. The van der Waals surface area contributed by atoms with Crippen molar-refractivity contribution in [3.63, 3.8) is 0 Å². The predicted octanol–water partition coefficient (Wildman–Crippen LogP) is 1.46. The van der Waals surface area contributed by atoms with E-state index in [1.165, 1.54) is 6.08 Å². The summed E-state index contributed by atoms with van der Waals surface area (Å²) >= 11 is 4.98. The molecule has 1 aromatic rings. The van der Waals surface area contributed by atoms with Crippen molar-refractivity contribution in [1.29, 1.82) is 0 Å². The summed E-state index contributed by atoms with van der Waals surface area (Å²) in [5.74, 6) is -0.297. The molecule has 0 aliphatic rings. The lowest BCUT2D eigenvalue weighted by atomic mass is 10.2. The molecule has 0 heterocycles. The van der Waals surface area contributed by atoms with Gasteiger partial charge in [-0.2, -0.15) is 0 Å². The SMILES string of the molecule is CC[C@H](CO)NC(=S)NC(=O)/C=C/c1ccccc1. The summed E-state index contributed by atoms with van der Waals surface area (Å²) in [5, 5.41) is 14.6. The van der Waals surface area contributed by atoms with Crippen LogP contribution in [-0.2, 0) is 4.79 Å². The lowest BCUT2D eigenvalue weighted by Crippen LogP contribution is -2.45. The van der Waals surface area contributed by atoms with Gasteiger partial charge in [-0.15, -0.1) is 0 Å². The second-order valence-corrected chi connectivity index (χ2v) is 4.40. The van der Waals surface area contributed by atoms with Crippen molar-refractivity contribution in [2.24, 2.45) is 0 Å². The van der Waals surface area contributed by atoms with Gasteiger partial charge in [-0.25, -0.2) is 0 Å². The minimum atomic E-state index is -0.297. The highest BCUT2D eigenvalue weighted by Crippen LogP contribution is 2.00. The van der Waals surface area contributed by atoms with Crippen LogP contribution in [0.15, 0.2) is 36.4 Å². The van der Waals surface area contributed by atoms with Crippen molar-refractivity contribution < 1.29 is 9.90 Å². The Kier molecular flexibility index (Phi) is 6.78. The van der Waals surface area contributed by atoms with Gasteiger partial charge in [0, 0.05) is 6.08 Å². The molecule has 0 unspecified atom stereocenters. The molecule has 0 saturated carbocycles. The molecule has 0 fully saturated rings. The number of carbonyl (C=O) groups excluding carboxylic acids is 1. The van der Waals surface area contributed by atoms with E-state index in [1.807, 2.05) is 37.3 Å². The molecular weight excluding hydrogens is 260 g/mol. The molecule has 0 radical (unpaired) electrons. The number of hydrogen-bond donors (Lipinski definition) is 3. The molecule has 0 aromatic heterocycles. The summed E-state index contributed by atoms with van der Waals surface area (Å²) in [7, 11) is 0. The molecule has 4 nitrogen and oxygen atoms in total. The number of aliphatic hydroxyl groups excluding tert-OH is 1. The second-order valence-electron chi connectivity index (χ2n) is 3.99. The van der Waals surface area contributed by atoms with Crippen LogP contribution in [0.4, 0.5) is 0 Å². The van der Waals surface area contributed by atoms with Gasteiger partial charge < -0.3 is 10.4 Å². The Balaban J connectivity index is 2.43. The molecule has 1 rings (SSSR count). The number of thiocarbonyl (C=S) groups is 1. The molecule has 0 saturated heterocycles. The Hall–Kier alpha value is -1.72. The summed E-state index contributed by atoms with van der Waals surface area (Å²) in [6, 6.07) is 9.38. The van der Waals surface area contributed by atoms with E-state index in [0.29, 0.717) is 0 Å². The quantitative estimate of drug-likeness (QED) is 0.564. The summed E-state index contributed by atoms with van der Waals surface area (Å²) < 4.78 is 0. The van der Waals surface area contributed by atoms with Gasteiger partial charge in [-0.05, 0) is 30.3 Å². The van der Waals surface area contributed by atoms with Crippen LogP contribution in [-0.4, -0.2) is 28.8 Å². The van der Waals surface area contributed by atoms with Gasteiger partial charge in [-0.1, -0.05) is 37.3 Å². The third-order valence-electron chi connectivity index (χ3n) is 2.51. The van der Waals surface area contributed by atoms with E-state index in [9.17, 15) is 4.79 Å². The van der Waals surface area contributed by atoms with Crippen LogP contribution in [0.2, 0.25) is 0 Å². The van der Waals surface area contributed by atoms with E-state index in [0.717, 1.165) is 12.0 Å². The van der Waals surface area contributed by atoms with E-state index >= 15 is 0 Å². The van der Waals surface area contributed by atoms with Crippen LogP contribution >= 0.6 is 12.2 Å². The second kappa shape index (κ2) is 8.39. The summed E-state index contributed by atoms with van der Waals surface area (Å²) in [6.45, 7) is 1.90. The van der Waals surface area contributed by atoms with Crippen LogP contribution in [0.5, 0.6) is 0 Å². The average molecular weight is 278 g/mol. The zero-order valence-electron chi connectivity index (χ0n) is 10.8. The Labute approximate surface area is 118 Å². The van der Waals surface area contributed by atoms with Gasteiger partial charge in [0.1, 0.15) is 0 Å². The maximum Gasteiger partial charge on any atom is 0.250 e. The predicted molar refractivity (Wildman–Crippen MR) is 80.5 cm³/mol. The number of nitrogens with one attached hydrogen (secondary N) is 2. The van der Waals surface area contributed by atoms with Crippen molar-refractivity contribution in [1.82, 2.24) is 10.6 Å². The highest BCUT2D eigenvalue weighted by Gasteiger charge is 2.07. The third kappa shape index (κ3) is 6.13. The van der Waals surface area contributed by atoms with E-state index < -0.39 is 0 Å². The molecular formula is C14H18N2O2S. The fraction of sp³-hybridized carbons (Fsp3) is 0.286. The molecule has 1 aromatic carbocycles. The third-order valence-corrected chi connectivity index (χ3v) is 2.73. The van der Waals surface area contributed by atoms with Gasteiger partial charge in [-0.3, -0.25) is 10.1 Å². The van der Waals surface area contributed by atoms with Gasteiger partial charge in [0.2, 0.25) is 5.91 Å². The Morgan fingerprint density at radius 2 is 2.11 bits per heavy atom. The molecule has 1 amide bonds. The number of benzene rings is 1. The number of hydrogen-bond acceptors (Lipinski definition) is 3. The first-order valence-corrected chi connectivity index (χ1v) is 6.52. The summed E-state index contributed by atoms with van der Waals surface area (Å²) in [5.41, 5.74) is 0.943. The molecule has 0 aliphatic carbocycles.